The van der Waals surface area contributed by atoms with Crippen molar-refractivity contribution in [2.75, 3.05) is 5.73 Å². The molecule has 0 amide bonds. The highest BCUT2D eigenvalue weighted by molar-refractivity contribution is 5.38. The summed E-state index contributed by atoms with van der Waals surface area (Å²) in [6, 6.07) is 1.67. The first-order valence-corrected chi connectivity index (χ1v) is 6.41. The molecule has 2 atom stereocenters. The van der Waals surface area contributed by atoms with E-state index in [0.717, 1.165) is 12.1 Å². The second-order valence-corrected chi connectivity index (χ2v) is 5.09. The quantitative estimate of drug-likeness (QED) is 0.909. The van der Waals surface area contributed by atoms with Crippen molar-refractivity contribution in [2.24, 2.45) is 0 Å². The van der Waals surface area contributed by atoms with Crippen molar-refractivity contribution in [3.8, 4) is 5.88 Å². The summed E-state index contributed by atoms with van der Waals surface area (Å²) in [5, 5.41) is 0. The van der Waals surface area contributed by atoms with Gasteiger partial charge in [0.25, 0.3) is 0 Å². The van der Waals surface area contributed by atoms with Crippen LogP contribution in [0, 0.1) is 0 Å². The van der Waals surface area contributed by atoms with Gasteiger partial charge in [-0.15, -0.1) is 0 Å². The molecule has 2 unspecified atom stereocenters. The fourth-order valence-corrected chi connectivity index (χ4v) is 2.36. The van der Waals surface area contributed by atoms with Gasteiger partial charge in [0, 0.05) is 18.9 Å². The molecule has 1 aliphatic heterocycles. The third kappa shape index (κ3) is 3.75. The molecule has 112 valence electrons. The number of nitrogens with zero attached hydrogens (tertiary/aromatic N) is 1. The molecule has 1 aromatic heterocycles. The number of ether oxygens (including phenoxy) is 2. The maximum Gasteiger partial charge on any atom is 0.416 e. The minimum atomic E-state index is -4.47. The van der Waals surface area contributed by atoms with Crippen LogP contribution in [0.15, 0.2) is 12.1 Å². The zero-order valence-electron chi connectivity index (χ0n) is 11.3. The number of hydrogen-bond acceptors (Lipinski definition) is 4. The molecular formula is C13H17F3N2O2. The van der Waals surface area contributed by atoms with E-state index >= 15 is 0 Å². The number of rotatable bonds is 2. The lowest BCUT2D eigenvalue weighted by molar-refractivity contribution is -0.137. The van der Waals surface area contributed by atoms with Crippen LogP contribution in [0.4, 0.5) is 19.0 Å². The largest absolute Gasteiger partial charge is 0.474 e. The van der Waals surface area contributed by atoms with E-state index in [-0.39, 0.29) is 30.0 Å². The van der Waals surface area contributed by atoms with Crippen molar-refractivity contribution < 1.29 is 22.6 Å². The standard InChI is InChI=1S/C13H17F3N2O2/c1-7-3-10(4-8(2)19-7)20-12-6-9(13(14,15)16)5-11(17)18-12/h5-8,10H,3-4H2,1-2H3,(H2,17,18). The summed E-state index contributed by atoms with van der Waals surface area (Å²) in [7, 11) is 0. The van der Waals surface area contributed by atoms with Gasteiger partial charge in [-0.3, -0.25) is 0 Å². The van der Waals surface area contributed by atoms with Crippen LogP contribution in [-0.2, 0) is 10.9 Å². The summed E-state index contributed by atoms with van der Waals surface area (Å²) < 4.78 is 49.2. The van der Waals surface area contributed by atoms with Gasteiger partial charge in [0.15, 0.2) is 0 Å². The summed E-state index contributed by atoms with van der Waals surface area (Å²) >= 11 is 0. The van der Waals surface area contributed by atoms with Crippen molar-refractivity contribution >= 4 is 5.82 Å². The van der Waals surface area contributed by atoms with Gasteiger partial charge in [0.1, 0.15) is 11.9 Å². The second kappa shape index (κ2) is 5.47. The number of nitrogen functional groups attached to an aromatic ring is 1. The molecule has 0 aliphatic carbocycles. The van der Waals surface area contributed by atoms with Crippen molar-refractivity contribution in [3.05, 3.63) is 17.7 Å². The van der Waals surface area contributed by atoms with Crippen molar-refractivity contribution in [2.45, 2.75) is 51.2 Å². The van der Waals surface area contributed by atoms with E-state index in [1.807, 2.05) is 13.8 Å². The fourth-order valence-electron chi connectivity index (χ4n) is 2.36. The van der Waals surface area contributed by atoms with Gasteiger partial charge < -0.3 is 15.2 Å². The van der Waals surface area contributed by atoms with Gasteiger partial charge in [-0.2, -0.15) is 18.2 Å². The Labute approximate surface area is 115 Å². The minimum Gasteiger partial charge on any atom is -0.474 e. The lowest BCUT2D eigenvalue weighted by Gasteiger charge is -2.32. The van der Waals surface area contributed by atoms with Gasteiger partial charge in [0.2, 0.25) is 5.88 Å². The Hall–Kier alpha value is -1.50. The monoisotopic (exact) mass is 290 g/mol. The average Bonchev–Trinajstić information content (AvgIpc) is 2.25. The molecule has 7 heteroatoms. The Kier molecular flexibility index (Phi) is 4.08. The van der Waals surface area contributed by atoms with E-state index in [4.69, 9.17) is 15.2 Å². The molecule has 0 saturated carbocycles. The summed E-state index contributed by atoms with van der Waals surface area (Å²) in [6.07, 6.45) is -3.45. The maximum absolute atomic E-state index is 12.7. The van der Waals surface area contributed by atoms with Crippen LogP contribution in [0.2, 0.25) is 0 Å². The van der Waals surface area contributed by atoms with Crippen molar-refractivity contribution in [1.29, 1.82) is 0 Å². The molecular weight excluding hydrogens is 273 g/mol. The number of anilines is 1. The molecule has 2 heterocycles. The Bertz CT molecular complexity index is 469. The maximum atomic E-state index is 12.7. The molecule has 0 spiro atoms. The predicted octanol–water partition coefficient (Wildman–Crippen LogP) is 3.02. The topological polar surface area (TPSA) is 57.4 Å². The SMILES string of the molecule is CC1CC(Oc2cc(C(F)(F)F)cc(N)n2)CC(C)O1. The summed E-state index contributed by atoms with van der Waals surface area (Å²) in [6.45, 7) is 3.81. The summed E-state index contributed by atoms with van der Waals surface area (Å²) in [4.78, 5) is 3.81. The van der Waals surface area contributed by atoms with Crippen LogP contribution in [0.5, 0.6) is 5.88 Å². The van der Waals surface area contributed by atoms with Crippen LogP contribution in [0.3, 0.4) is 0 Å². The number of halogens is 3. The molecule has 4 nitrogen and oxygen atoms in total. The zero-order chi connectivity index (χ0) is 14.9. The summed E-state index contributed by atoms with van der Waals surface area (Å²) in [5.41, 5.74) is 4.55. The summed E-state index contributed by atoms with van der Waals surface area (Å²) in [5.74, 6) is -0.299. The van der Waals surface area contributed by atoms with Crippen molar-refractivity contribution in [3.63, 3.8) is 0 Å². The van der Waals surface area contributed by atoms with E-state index in [1.165, 1.54) is 0 Å². The zero-order valence-corrected chi connectivity index (χ0v) is 11.3. The first kappa shape index (κ1) is 14.9. The highest BCUT2D eigenvalue weighted by Gasteiger charge is 2.32. The molecule has 0 aromatic carbocycles. The Morgan fingerprint density at radius 1 is 1.25 bits per heavy atom. The van der Waals surface area contributed by atoms with E-state index in [2.05, 4.69) is 4.98 Å². The third-order valence-corrected chi connectivity index (χ3v) is 3.09. The number of hydrogen-bond donors (Lipinski definition) is 1. The molecule has 2 N–H and O–H groups in total. The third-order valence-electron chi connectivity index (χ3n) is 3.09. The molecule has 2 rings (SSSR count). The lowest BCUT2D eigenvalue weighted by atomic mass is 10.0. The molecule has 1 fully saturated rings. The van der Waals surface area contributed by atoms with Gasteiger partial charge in [0.05, 0.1) is 17.8 Å². The molecule has 1 aliphatic rings. The van der Waals surface area contributed by atoms with Gasteiger partial charge in [-0.25, -0.2) is 0 Å². The number of alkyl halides is 3. The molecule has 1 saturated heterocycles. The Morgan fingerprint density at radius 2 is 1.85 bits per heavy atom. The van der Waals surface area contributed by atoms with E-state index in [0.29, 0.717) is 12.8 Å². The molecule has 0 radical (unpaired) electrons. The lowest BCUT2D eigenvalue weighted by Crippen LogP contribution is -2.35. The highest BCUT2D eigenvalue weighted by Crippen LogP contribution is 2.33. The van der Waals surface area contributed by atoms with Crippen LogP contribution in [0.25, 0.3) is 0 Å². The van der Waals surface area contributed by atoms with Crippen LogP contribution in [-0.4, -0.2) is 23.3 Å². The van der Waals surface area contributed by atoms with Gasteiger partial charge in [-0.05, 0) is 19.9 Å². The van der Waals surface area contributed by atoms with Crippen molar-refractivity contribution in [1.82, 2.24) is 4.98 Å². The normalized spacial score (nSPS) is 27.4. The fraction of sp³-hybridized carbons (Fsp3) is 0.615. The van der Waals surface area contributed by atoms with Crippen LogP contribution < -0.4 is 10.5 Å². The van der Waals surface area contributed by atoms with Gasteiger partial charge >= 0.3 is 6.18 Å². The number of nitrogens with two attached hydrogens (primary N) is 1. The Balaban J connectivity index is 2.15. The van der Waals surface area contributed by atoms with E-state index < -0.39 is 11.7 Å². The first-order valence-electron chi connectivity index (χ1n) is 6.41. The smallest absolute Gasteiger partial charge is 0.416 e. The molecule has 0 bridgehead atoms. The Morgan fingerprint density at radius 3 is 2.40 bits per heavy atom. The van der Waals surface area contributed by atoms with E-state index in [1.54, 1.807) is 0 Å². The minimum absolute atomic E-state index is 0.00638. The van der Waals surface area contributed by atoms with Crippen LogP contribution in [0.1, 0.15) is 32.3 Å². The average molecular weight is 290 g/mol. The second-order valence-electron chi connectivity index (χ2n) is 5.09. The van der Waals surface area contributed by atoms with Gasteiger partial charge in [-0.1, -0.05) is 0 Å². The molecule has 20 heavy (non-hydrogen) atoms. The predicted molar refractivity (Wildman–Crippen MR) is 67.3 cm³/mol. The number of pyridine rings is 1. The first-order chi connectivity index (χ1) is 9.24. The van der Waals surface area contributed by atoms with Crippen LogP contribution >= 0.6 is 0 Å². The highest BCUT2D eigenvalue weighted by atomic mass is 19.4. The number of aromatic nitrogens is 1. The van der Waals surface area contributed by atoms with E-state index in [9.17, 15) is 13.2 Å². The molecule has 1 aromatic rings.